The summed E-state index contributed by atoms with van der Waals surface area (Å²) in [5, 5.41) is 7.48. The van der Waals surface area contributed by atoms with Crippen molar-refractivity contribution in [1.29, 1.82) is 0 Å². The molecule has 494 valence electrons. The molecule has 6 amide bonds. The average molecular weight is 1260 g/mol. The molecule has 4 aromatic carbocycles. The highest BCUT2D eigenvalue weighted by molar-refractivity contribution is 6.38. The number of esters is 2. The van der Waals surface area contributed by atoms with Crippen molar-refractivity contribution in [1.82, 2.24) is 30.2 Å². The highest BCUT2D eigenvalue weighted by Gasteiger charge is 2.43. The number of halogens is 1. The van der Waals surface area contributed by atoms with Crippen molar-refractivity contribution in [3.8, 4) is 17.2 Å². The van der Waals surface area contributed by atoms with Gasteiger partial charge in [0.15, 0.2) is 18.1 Å². The maximum absolute atomic E-state index is 16.4. The molecule has 2 bridgehead atoms. The number of Topliss-reactive ketones (excluding diaryl/α,β-unsaturated/α-hetero) is 1. The number of nitrogens with zero attached hydrogens (tertiary/aromatic N) is 4. The van der Waals surface area contributed by atoms with Gasteiger partial charge in [0.05, 0.1) is 38.4 Å². The minimum atomic E-state index is -1.51. The summed E-state index contributed by atoms with van der Waals surface area (Å²) in [6, 6.07) is 17.3. The number of aryl methyl sites for hydroxylation is 1. The number of benzene rings is 4. The van der Waals surface area contributed by atoms with E-state index in [1.54, 1.807) is 52.1 Å². The van der Waals surface area contributed by atoms with Crippen LogP contribution < -0.4 is 24.8 Å². The van der Waals surface area contributed by atoms with Crippen LogP contribution in [0.25, 0.3) is 10.8 Å². The van der Waals surface area contributed by atoms with Gasteiger partial charge in [-0.05, 0) is 145 Å². The molecule has 0 aromatic heterocycles. The molecule has 21 nitrogen and oxygen atoms in total. The Morgan fingerprint density at radius 2 is 1.45 bits per heavy atom. The van der Waals surface area contributed by atoms with Crippen LogP contribution in [0.1, 0.15) is 129 Å². The zero-order valence-corrected chi connectivity index (χ0v) is 54.6. The Kier molecular flexibility index (Phi) is 26.5. The van der Waals surface area contributed by atoms with Crippen LogP contribution in [0.2, 0.25) is 0 Å². The lowest BCUT2D eigenvalue weighted by molar-refractivity contribution is -0.165. The number of amides is 6. The van der Waals surface area contributed by atoms with Gasteiger partial charge < -0.3 is 58.7 Å². The predicted molar refractivity (Wildman–Crippen MR) is 339 cm³/mol. The molecule has 2 aliphatic heterocycles. The van der Waals surface area contributed by atoms with Gasteiger partial charge in [-0.25, -0.2) is 14.0 Å². The van der Waals surface area contributed by atoms with Crippen LogP contribution in [0.4, 0.5) is 4.39 Å². The topological polar surface area (TPSA) is 246 Å². The summed E-state index contributed by atoms with van der Waals surface area (Å²) in [4.78, 5) is 133. The van der Waals surface area contributed by atoms with Gasteiger partial charge in [0, 0.05) is 52.3 Å². The number of nitrogens with one attached hydrogen (secondary N) is 2. The second-order valence-electron chi connectivity index (χ2n) is 24.9. The maximum atomic E-state index is 16.4. The summed E-state index contributed by atoms with van der Waals surface area (Å²) >= 11 is 0. The Bertz CT molecular complexity index is 3250. The Balaban J connectivity index is 1.35. The number of likely N-dealkylation sites (N-methyl/N-ethyl adjacent to an activating group) is 3. The number of ether oxygens (including phenoxy) is 6. The third-order valence-electron chi connectivity index (χ3n) is 16.4. The second-order valence-corrected chi connectivity index (χ2v) is 24.9. The number of hydrogen-bond acceptors (Lipinski definition) is 15. The van der Waals surface area contributed by atoms with Crippen LogP contribution in [0.15, 0.2) is 91.0 Å². The molecule has 22 heteroatoms. The van der Waals surface area contributed by atoms with Crippen molar-refractivity contribution in [3.05, 3.63) is 114 Å². The van der Waals surface area contributed by atoms with E-state index in [0.29, 0.717) is 68.6 Å². The van der Waals surface area contributed by atoms with Crippen LogP contribution in [0.5, 0.6) is 17.2 Å². The van der Waals surface area contributed by atoms with Crippen molar-refractivity contribution >= 4 is 63.9 Å². The third kappa shape index (κ3) is 20.6. The first-order chi connectivity index (χ1) is 43.2. The highest BCUT2D eigenvalue weighted by Crippen LogP contribution is 2.34. The smallest absolute Gasteiger partial charge is 0.330 e. The zero-order valence-electron chi connectivity index (χ0n) is 54.6. The molecule has 2 heterocycles. The van der Waals surface area contributed by atoms with Gasteiger partial charge in [-0.15, -0.1) is 0 Å². The number of carbonyl (C=O) groups excluding carboxylic acids is 9. The molecule has 1 fully saturated rings. The fourth-order valence-corrected chi connectivity index (χ4v) is 10.7. The second kappa shape index (κ2) is 33.6. The maximum Gasteiger partial charge on any atom is 0.330 e. The summed E-state index contributed by atoms with van der Waals surface area (Å²) in [6.07, 6.45) is 5.64. The standard InChI is InChI=1S/C69H91FN6O15/c1-12-13-24-53-64(82)72-52(38-46-27-30-47-22-17-18-23-48(47)37-46)65(83)75(9)55(42-90-68(2,3)4)63(81)71-41-59(77)73(7)35-20-15-14-16-26-61(79)89-44-69(5,6)62(80)66(84)76-36-21-19-25-54(76)67(85)91-56(33-28-45-29-34-57(86-10)58(39-45)87-11)50-40-49(31-32-51(50)70)88-43-60(78)74(53)8/h16-18,22-23,26-27,29-32,34,37,39-40,52-56H,12-15,19-21,24-25,28,33,35-36,38,41-44H2,1-11H3,(H,71,81)(H,72,82)/t52-,53-,54-,55-,56+/m0/s1. The van der Waals surface area contributed by atoms with E-state index >= 15 is 9.18 Å². The van der Waals surface area contributed by atoms with Gasteiger partial charge in [0.25, 0.3) is 11.8 Å². The van der Waals surface area contributed by atoms with Gasteiger partial charge in [-0.2, -0.15) is 0 Å². The van der Waals surface area contributed by atoms with E-state index in [-0.39, 0.29) is 56.6 Å². The molecule has 5 atom stereocenters. The lowest BCUT2D eigenvalue weighted by Crippen LogP contribution is -2.59. The largest absolute Gasteiger partial charge is 0.493 e. The van der Waals surface area contributed by atoms with Gasteiger partial charge in [0.1, 0.15) is 48.4 Å². The molecule has 0 unspecified atom stereocenters. The fourth-order valence-electron chi connectivity index (χ4n) is 10.7. The van der Waals surface area contributed by atoms with E-state index in [2.05, 4.69) is 10.6 Å². The first-order valence-electron chi connectivity index (χ1n) is 31.2. The fraction of sp³-hybridized carbons (Fsp3) is 0.522. The van der Waals surface area contributed by atoms with Crippen molar-refractivity contribution in [2.24, 2.45) is 5.41 Å². The number of piperidine rings is 1. The zero-order chi connectivity index (χ0) is 66.6. The molecule has 4 aromatic rings. The summed E-state index contributed by atoms with van der Waals surface area (Å²) in [5.41, 5.74) is -0.978. The SMILES string of the molecule is CCCC[C@H]1C(=O)N[C@@H](Cc2ccc3ccccc3c2)C(=O)N(C)[C@@H](COC(C)(C)C)C(=O)NCC(=O)N(C)CCCCC=CC(=O)OCC(C)(C)C(=O)C(=O)N2CCCC[C@H]2C(=O)O[C@H](CCc2ccc(OC)c(OC)c2)c2cc(ccc2F)OCC(=O)N1C. The Hall–Kier alpha value is -8.40. The number of cyclic esters (lactones) is 2. The minimum Gasteiger partial charge on any atom is -0.493 e. The van der Waals surface area contributed by atoms with E-state index in [1.807, 2.05) is 49.4 Å². The van der Waals surface area contributed by atoms with E-state index < -0.39 is 120 Å². The molecule has 0 radical (unpaired) electrons. The lowest BCUT2D eigenvalue weighted by Gasteiger charge is -2.36. The number of carbonyl (C=O) groups is 9. The number of fused-ring (bicyclic) bond motifs is 4. The summed E-state index contributed by atoms with van der Waals surface area (Å²) in [6.45, 7) is 8.79. The normalized spacial score (nSPS) is 21.5. The minimum absolute atomic E-state index is 0.000972. The van der Waals surface area contributed by atoms with Crippen molar-refractivity contribution in [3.63, 3.8) is 0 Å². The molecule has 0 spiro atoms. The van der Waals surface area contributed by atoms with E-state index in [9.17, 15) is 38.4 Å². The molecule has 2 N–H and O–H groups in total. The third-order valence-corrected chi connectivity index (χ3v) is 16.4. The number of rotatable bonds is 12. The monoisotopic (exact) mass is 1260 g/mol. The van der Waals surface area contributed by atoms with Crippen LogP contribution in [0.3, 0.4) is 0 Å². The van der Waals surface area contributed by atoms with Gasteiger partial charge in [-0.1, -0.05) is 74.4 Å². The molecule has 2 aliphatic rings. The number of hydrogen-bond donors (Lipinski definition) is 2. The molecular formula is C69H91FN6O15. The first kappa shape index (κ1) is 71.7. The van der Waals surface area contributed by atoms with Crippen molar-refractivity contribution in [2.75, 3.05) is 74.8 Å². The van der Waals surface area contributed by atoms with E-state index in [4.69, 9.17) is 28.4 Å². The molecular weight excluding hydrogens is 1170 g/mol. The molecule has 1 saturated heterocycles. The van der Waals surface area contributed by atoms with Crippen LogP contribution in [0, 0.1) is 11.2 Å². The van der Waals surface area contributed by atoms with Gasteiger partial charge >= 0.3 is 11.9 Å². The number of unbranched alkanes of at least 4 members (excludes halogenated alkanes) is 1. The first-order valence-corrected chi connectivity index (χ1v) is 31.2. The quantitative estimate of drug-likeness (QED) is 0.101. The summed E-state index contributed by atoms with van der Waals surface area (Å²) in [5.74, 6) is -6.44. The van der Waals surface area contributed by atoms with Gasteiger partial charge in [-0.3, -0.25) is 33.6 Å². The summed E-state index contributed by atoms with van der Waals surface area (Å²) in [7, 11) is 7.44. The molecule has 0 saturated carbocycles. The van der Waals surface area contributed by atoms with Crippen LogP contribution in [-0.2, 0) is 70.2 Å². The van der Waals surface area contributed by atoms with E-state index in [0.717, 1.165) is 27.3 Å². The average Bonchev–Trinajstić information content (AvgIpc) is 0.965. The lowest BCUT2D eigenvalue weighted by atomic mass is 9.87. The Morgan fingerprint density at radius 3 is 2.16 bits per heavy atom. The van der Waals surface area contributed by atoms with Gasteiger partial charge in [0.2, 0.25) is 29.4 Å². The van der Waals surface area contributed by atoms with Crippen molar-refractivity contribution < 1.29 is 76.0 Å². The van der Waals surface area contributed by atoms with Crippen LogP contribution >= 0.6 is 0 Å². The molecule has 6 rings (SSSR count). The Morgan fingerprint density at radius 1 is 0.736 bits per heavy atom. The number of allylic oxidation sites excluding steroid dienone is 1. The summed E-state index contributed by atoms with van der Waals surface area (Å²) < 4.78 is 51.2. The number of methoxy groups -OCH3 is 2. The molecule has 91 heavy (non-hydrogen) atoms. The predicted octanol–water partition coefficient (Wildman–Crippen LogP) is 7.81. The van der Waals surface area contributed by atoms with Crippen LogP contribution in [-0.4, -0.2) is 177 Å². The van der Waals surface area contributed by atoms with E-state index in [1.165, 1.54) is 75.1 Å². The number of ketones is 1. The van der Waals surface area contributed by atoms with Crippen molar-refractivity contribution in [2.45, 2.75) is 154 Å². The molecule has 0 aliphatic carbocycles. The Labute approximate surface area is 533 Å². The highest BCUT2D eigenvalue weighted by atomic mass is 19.1.